The third-order valence-corrected chi connectivity index (χ3v) is 2.32. The number of nitrogens with two attached hydrogens (primary N) is 1. The molecule has 65 valence electrons. The van der Waals surface area contributed by atoms with E-state index in [-0.39, 0.29) is 0 Å². The highest BCUT2D eigenvalue weighted by atomic mass is 14.9. The molecular weight excluding hydrogens is 136 g/mol. The molecule has 0 bridgehead atoms. The van der Waals surface area contributed by atoms with Crippen molar-refractivity contribution < 1.29 is 0 Å². The monoisotopic (exact) mass is 155 g/mol. The fourth-order valence-corrected chi connectivity index (χ4v) is 1.62. The molecule has 2 N–H and O–H groups in total. The van der Waals surface area contributed by atoms with Crippen molar-refractivity contribution in [2.75, 3.05) is 13.1 Å². The van der Waals surface area contributed by atoms with Gasteiger partial charge in [0.2, 0.25) is 0 Å². The summed E-state index contributed by atoms with van der Waals surface area (Å²) in [5, 5.41) is 4.56. The van der Waals surface area contributed by atoms with Crippen LogP contribution in [0.5, 0.6) is 0 Å². The molecule has 11 heavy (non-hydrogen) atoms. The van der Waals surface area contributed by atoms with Crippen molar-refractivity contribution >= 4 is 0 Å². The minimum atomic E-state index is 0.676. The quantitative estimate of drug-likeness (QED) is 0.610. The van der Waals surface area contributed by atoms with Crippen molar-refractivity contribution in [1.82, 2.24) is 5.32 Å². The van der Waals surface area contributed by atoms with Gasteiger partial charge in [-0.2, -0.15) is 0 Å². The van der Waals surface area contributed by atoms with Crippen molar-refractivity contribution in [3.05, 3.63) is 0 Å². The van der Waals surface area contributed by atoms with Gasteiger partial charge in [0, 0.05) is 12.6 Å². The summed E-state index contributed by atoms with van der Waals surface area (Å²) >= 11 is 0. The zero-order valence-electron chi connectivity index (χ0n) is 7.26. The standard InChI is InChI=1S/C9H19N2/c10-7-3-1-5-9-6-2-4-8-11-9/h9H,1-8,10H2. The molecule has 0 spiro atoms. The summed E-state index contributed by atoms with van der Waals surface area (Å²) in [4.78, 5) is 0. The first-order chi connectivity index (χ1) is 5.43. The Morgan fingerprint density at radius 1 is 1.27 bits per heavy atom. The van der Waals surface area contributed by atoms with Crippen LogP contribution in [0, 0.1) is 0 Å². The molecule has 1 aliphatic heterocycles. The number of unbranched alkanes of at least 4 members (excludes halogenated alkanes) is 1. The molecule has 1 saturated heterocycles. The first-order valence-electron chi connectivity index (χ1n) is 4.80. The minimum Gasteiger partial charge on any atom is -0.330 e. The van der Waals surface area contributed by atoms with E-state index in [0.717, 1.165) is 13.1 Å². The van der Waals surface area contributed by atoms with Crippen molar-refractivity contribution in [3.63, 3.8) is 0 Å². The molecule has 0 amide bonds. The molecule has 0 saturated carbocycles. The van der Waals surface area contributed by atoms with Crippen molar-refractivity contribution in [3.8, 4) is 0 Å². The number of nitrogens with zero attached hydrogens (tertiary/aromatic N) is 1. The summed E-state index contributed by atoms with van der Waals surface area (Å²) in [6.45, 7) is 1.94. The van der Waals surface area contributed by atoms with Gasteiger partial charge in [-0.1, -0.05) is 12.8 Å². The number of rotatable bonds is 4. The Labute approximate surface area is 69.5 Å². The highest BCUT2D eigenvalue weighted by Crippen LogP contribution is 2.13. The van der Waals surface area contributed by atoms with E-state index in [2.05, 4.69) is 5.32 Å². The summed E-state index contributed by atoms with van der Waals surface area (Å²) in [5.74, 6) is 0. The van der Waals surface area contributed by atoms with Crippen LogP contribution in [-0.2, 0) is 0 Å². The lowest BCUT2D eigenvalue weighted by Crippen LogP contribution is -2.27. The largest absolute Gasteiger partial charge is 0.330 e. The van der Waals surface area contributed by atoms with Crippen LogP contribution >= 0.6 is 0 Å². The van der Waals surface area contributed by atoms with Gasteiger partial charge in [0.15, 0.2) is 0 Å². The van der Waals surface area contributed by atoms with Crippen LogP contribution in [0.3, 0.4) is 0 Å². The van der Waals surface area contributed by atoms with Crippen LogP contribution in [0.2, 0.25) is 0 Å². The molecule has 1 atom stereocenters. The van der Waals surface area contributed by atoms with Gasteiger partial charge in [-0.3, -0.25) is 0 Å². The van der Waals surface area contributed by atoms with E-state index in [4.69, 9.17) is 5.73 Å². The van der Waals surface area contributed by atoms with Crippen LogP contribution < -0.4 is 11.1 Å². The van der Waals surface area contributed by atoms with Crippen LogP contribution in [0.1, 0.15) is 38.5 Å². The first kappa shape index (κ1) is 9.01. The highest BCUT2D eigenvalue weighted by molar-refractivity contribution is 4.71. The van der Waals surface area contributed by atoms with Crippen molar-refractivity contribution in [2.24, 2.45) is 5.73 Å². The summed E-state index contributed by atoms with van der Waals surface area (Å²) in [6, 6.07) is 0.676. The zero-order chi connectivity index (χ0) is 7.94. The van der Waals surface area contributed by atoms with Gasteiger partial charge in [-0.15, -0.1) is 0 Å². The predicted molar refractivity (Wildman–Crippen MR) is 47.5 cm³/mol. The van der Waals surface area contributed by atoms with E-state index in [1.807, 2.05) is 0 Å². The second-order valence-corrected chi connectivity index (χ2v) is 3.34. The maximum atomic E-state index is 5.41. The fraction of sp³-hybridized carbons (Fsp3) is 1.00. The lowest BCUT2D eigenvalue weighted by molar-refractivity contribution is 0.366. The minimum absolute atomic E-state index is 0.676. The predicted octanol–water partition coefficient (Wildman–Crippen LogP) is 1.27. The highest BCUT2D eigenvalue weighted by Gasteiger charge is 2.12. The Morgan fingerprint density at radius 3 is 2.82 bits per heavy atom. The summed E-state index contributed by atoms with van der Waals surface area (Å²) < 4.78 is 0. The van der Waals surface area contributed by atoms with Crippen LogP contribution in [-0.4, -0.2) is 19.1 Å². The van der Waals surface area contributed by atoms with E-state index in [0.29, 0.717) is 6.04 Å². The molecule has 0 aliphatic carbocycles. The van der Waals surface area contributed by atoms with Gasteiger partial charge in [0.05, 0.1) is 0 Å². The SMILES string of the molecule is NCCCCC1CCCC[N]1. The second kappa shape index (κ2) is 5.56. The van der Waals surface area contributed by atoms with Gasteiger partial charge < -0.3 is 5.73 Å². The van der Waals surface area contributed by atoms with Gasteiger partial charge in [-0.05, 0) is 32.2 Å². The molecule has 1 aliphatic rings. The van der Waals surface area contributed by atoms with E-state index in [1.54, 1.807) is 0 Å². The van der Waals surface area contributed by atoms with E-state index < -0.39 is 0 Å². The Balaban J connectivity index is 1.96. The third kappa shape index (κ3) is 3.73. The Hall–Kier alpha value is -0.0800. The first-order valence-corrected chi connectivity index (χ1v) is 4.80. The Morgan fingerprint density at radius 2 is 2.18 bits per heavy atom. The molecule has 1 unspecified atom stereocenters. The number of hydrogen-bond acceptors (Lipinski definition) is 1. The normalized spacial score (nSPS) is 25.4. The van der Waals surface area contributed by atoms with E-state index >= 15 is 0 Å². The molecule has 2 nitrogen and oxygen atoms in total. The smallest absolute Gasteiger partial charge is 0.0246 e. The Bertz CT molecular complexity index is 87.6. The topological polar surface area (TPSA) is 40.1 Å². The van der Waals surface area contributed by atoms with Crippen molar-refractivity contribution in [1.29, 1.82) is 0 Å². The molecule has 1 rings (SSSR count). The maximum absolute atomic E-state index is 5.41. The molecule has 0 aromatic rings. The lowest BCUT2D eigenvalue weighted by atomic mass is 10.00. The van der Waals surface area contributed by atoms with Gasteiger partial charge in [0.25, 0.3) is 0 Å². The molecule has 1 heterocycles. The lowest BCUT2D eigenvalue weighted by Gasteiger charge is -2.21. The van der Waals surface area contributed by atoms with Crippen LogP contribution in [0.25, 0.3) is 0 Å². The number of hydrogen-bond donors (Lipinski definition) is 1. The molecular formula is C9H19N2. The second-order valence-electron chi connectivity index (χ2n) is 3.34. The maximum Gasteiger partial charge on any atom is 0.0246 e. The van der Waals surface area contributed by atoms with E-state index in [9.17, 15) is 0 Å². The van der Waals surface area contributed by atoms with Crippen molar-refractivity contribution in [2.45, 2.75) is 44.6 Å². The number of piperidine rings is 1. The van der Waals surface area contributed by atoms with Crippen LogP contribution in [0.4, 0.5) is 0 Å². The average molecular weight is 155 g/mol. The average Bonchev–Trinajstić information content (AvgIpc) is 2.07. The molecule has 0 aromatic heterocycles. The third-order valence-electron chi connectivity index (χ3n) is 2.32. The summed E-state index contributed by atoms with van der Waals surface area (Å²) in [7, 11) is 0. The summed E-state index contributed by atoms with van der Waals surface area (Å²) in [6.07, 6.45) is 7.74. The van der Waals surface area contributed by atoms with Gasteiger partial charge in [0.1, 0.15) is 0 Å². The van der Waals surface area contributed by atoms with Gasteiger partial charge in [-0.25, -0.2) is 5.32 Å². The molecule has 1 radical (unpaired) electrons. The fourth-order valence-electron chi connectivity index (χ4n) is 1.62. The molecule has 2 heteroatoms. The zero-order valence-corrected chi connectivity index (χ0v) is 7.26. The summed E-state index contributed by atoms with van der Waals surface area (Å²) in [5.41, 5.74) is 5.41. The van der Waals surface area contributed by atoms with Crippen LogP contribution in [0.15, 0.2) is 0 Å². The van der Waals surface area contributed by atoms with E-state index in [1.165, 1.54) is 38.5 Å². The Kier molecular flexibility index (Phi) is 4.55. The van der Waals surface area contributed by atoms with Gasteiger partial charge >= 0.3 is 0 Å². The molecule has 1 fully saturated rings. The molecule has 0 aromatic carbocycles.